The summed E-state index contributed by atoms with van der Waals surface area (Å²) in [6, 6.07) is 6.48. The average Bonchev–Trinajstić information content (AvgIpc) is 2.93. The average molecular weight is 310 g/mol. The van der Waals surface area contributed by atoms with E-state index >= 15 is 0 Å². The molecule has 6 heteroatoms. The highest BCUT2D eigenvalue weighted by Crippen LogP contribution is 2.09. The maximum absolute atomic E-state index is 13.4. The van der Waals surface area contributed by atoms with Gasteiger partial charge in [0.1, 0.15) is 10.8 Å². The third-order valence-corrected chi connectivity index (χ3v) is 3.70. The zero-order valence-corrected chi connectivity index (χ0v) is 12.7. The summed E-state index contributed by atoms with van der Waals surface area (Å²) in [7, 11) is 1.92. The zero-order chi connectivity index (χ0) is 15.1. The van der Waals surface area contributed by atoms with Crippen LogP contribution in [0.15, 0.2) is 35.8 Å². The first-order chi connectivity index (χ1) is 10.1. The molecule has 0 aliphatic carbocycles. The van der Waals surface area contributed by atoms with Gasteiger partial charge in [0, 0.05) is 23.7 Å². The number of hydrogen-bond donors (Lipinski definition) is 1. The normalized spacial score (nSPS) is 12.8. The van der Waals surface area contributed by atoms with E-state index in [1.165, 1.54) is 6.07 Å². The molecule has 4 nitrogen and oxygen atoms in total. The van der Waals surface area contributed by atoms with Gasteiger partial charge in [-0.15, -0.1) is 11.3 Å². The van der Waals surface area contributed by atoms with Gasteiger partial charge < -0.3 is 9.84 Å². The van der Waals surface area contributed by atoms with E-state index in [2.05, 4.69) is 4.98 Å². The quantitative estimate of drug-likeness (QED) is 0.812. The molecule has 2 aromatic rings. The van der Waals surface area contributed by atoms with Crippen LogP contribution >= 0.6 is 11.3 Å². The Morgan fingerprint density at radius 1 is 1.43 bits per heavy atom. The van der Waals surface area contributed by atoms with E-state index in [1.54, 1.807) is 35.7 Å². The maximum Gasteiger partial charge on any atom is 0.128 e. The van der Waals surface area contributed by atoms with Gasteiger partial charge in [-0.25, -0.2) is 9.37 Å². The molecule has 0 amide bonds. The van der Waals surface area contributed by atoms with Gasteiger partial charge in [0.25, 0.3) is 0 Å². The Hall–Kier alpha value is -1.34. The highest BCUT2D eigenvalue weighted by atomic mass is 32.1. The highest BCUT2D eigenvalue weighted by molar-refractivity contribution is 7.09. The Morgan fingerprint density at radius 2 is 2.24 bits per heavy atom. The molecule has 0 radical (unpaired) electrons. The molecule has 0 fully saturated rings. The minimum atomic E-state index is -0.610. The molecule has 1 atom stereocenters. The number of aromatic nitrogens is 1. The molecule has 0 bridgehead atoms. The Morgan fingerprint density at radius 3 is 2.95 bits per heavy atom. The van der Waals surface area contributed by atoms with Crippen LogP contribution in [0.1, 0.15) is 10.6 Å². The molecule has 0 saturated carbocycles. The van der Waals surface area contributed by atoms with Gasteiger partial charge in [-0.2, -0.15) is 0 Å². The first kappa shape index (κ1) is 16.0. The van der Waals surface area contributed by atoms with Crippen LogP contribution in [0.3, 0.4) is 0 Å². The molecule has 0 saturated heterocycles. The van der Waals surface area contributed by atoms with Crippen LogP contribution in [0.2, 0.25) is 0 Å². The van der Waals surface area contributed by atoms with E-state index in [1.807, 2.05) is 17.3 Å². The predicted molar refractivity (Wildman–Crippen MR) is 80.5 cm³/mol. The fraction of sp³-hybridized carbons (Fsp3) is 0.400. The topological polar surface area (TPSA) is 45.6 Å². The number of halogens is 1. The van der Waals surface area contributed by atoms with Crippen LogP contribution in [-0.4, -0.2) is 41.3 Å². The number of aliphatic hydroxyl groups excluding tert-OH is 1. The van der Waals surface area contributed by atoms with Crippen molar-refractivity contribution in [2.24, 2.45) is 0 Å². The molecule has 2 rings (SSSR count). The Bertz CT molecular complexity index is 536. The standard InChI is InChI=1S/C15H19FN2O2S/c1-18(9-15-17-6-7-21-15)8-13(19)11-20-10-12-4-2-3-5-14(12)16/h2-7,13,19H,8-11H2,1H3. The fourth-order valence-corrected chi connectivity index (χ4v) is 2.65. The van der Waals surface area contributed by atoms with Crippen LogP contribution in [0.25, 0.3) is 0 Å². The number of likely N-dealkylation sites (N-methyl/N-ethyl adjacent to an activating group) is 1. The molecule has 1 N–H and O–H groups in total. The van der Waals surface area contributed by atoms with E-state index in [0.717, 1.165) is 5.01 Å². The first-order valence-electron chi connectivity index (χ1n) is 6.71. The van der Waals surface area contributed by atoms with Crippen LogP contribution < -0.4 is 0 Å². The number of hydrogen-bond acceptors (Lipinski definition) is 5. The largest absolute Gasteiger partial charge is 0.389 e. The third kappa shape index (κ3) is 5.51. The van der Waals surface area contributed by atoms with Crippen molar-refractivity contribution < 1.29 is 14.2 Å². The predicted octanol–water partition coefficient (Wildman–Crippen LogP) is 2.29. The summed E-state index contributed by atoms with van der Waals surface area (Å²) >= 11 is 1.59. The van der Waals surface area contributed by atoms with Gasteiger partial charge in [-0.05, 0) is 13.1 Å². The lowest BCUT2D eigenvalue weighted by molar-refractivity contribution is 0.0119. The second kappa shape index (κ2) is 8.19. The minimum absolute atomic E-state index is 0.167. The molecule has 114 valence electrons. The summed E-state index contributed by atoms with van der Waals surface area (Å²) in [6.07, 6.45) is 1.16. The number of benzene rings is 1. The zero-order valence-electron chi connectivity index (χ0n) is 11.9. The van der Waals surface area contributed by atoms with Crippen LogP contribution in [0.5, 0.6) is 0 Å². The van der Waals surface area contributed by atoms with Crippen LogP contribution in [0, 0.1) is 5.82 Å². The molecule has 1 heterocycles. The Balaban J connectivity index is 1.67. The molecule has 21 heavy (non-hydrogen) atoms. The fourth-order valence-electron chi connectivity index (χ4n) is 1.96. The third-order valence-electron chi connectivity index (χ3n) is 2.94. The monoisotopic (exact) mass is 310 g/mol. The lowest BCUT2D eigenvalue weighted by Gasteiger charge is -2.19. The van der Waals surface area contributed by atoms with Crippen LogP contribution in [-0.2, 0) is 17.9 Å². The van der Waals surface area contributed by atoms with Crippen molar-refractivity contribution in [1.29, 1.82) is 0 Å². The van der Waals surface area contributed by atoms with Gasteiger partial charge in [-0.1, -0.05) is 18.2 Å². The van der Waals surface area contributed by atoms with Gasteiger partial charge in [0.15, 0.2) is 0 Å². The number of thiazole rings is 1. The molecule has 1 unspecified atom stereocenters. The summed E-state index contributed by atoms with van der Waals surface area (Å²) in [5, 5.41) is 12.9. The van der Waals surface area contributed by atoms with E-state index in [0.29, 0.717) is 18.7 Å². The second-order valence-electron chi connectivity index (χ2n) is 4.88. The van der Waals surface area contributed by atoms with E-state index in [9.17, 15) is 9.50 Å². The minimum Gasteiger partial charge on any atom is -0.389 e. The van der Waals surface area contributed by atoms with Crippen molar-refractivity contribution in [3.63, 3.8) is 0 Å². The van der Waals surface area contributed by atoms with Crippen molar-refractivity contribution in [2.45, 2.75) is 19.3 Å². The summed E-state index contributed by atoms with van der Waals surface area (Å²) < 4.78 is 18.7. The SMILES string of the molecule is CN(Cc1nccs1)CC(O)COCc1ccccc1F. The van der Waals surface area contributed by atoms with Gasteiger partial charge >= 0.3 is 0 Å². The summed E-state index contributed by atoms with van der Waals surface area (Å²) in [4.78, 5) is 6.18. The van der Waals surface area contributed by atoms with Crippen LogP contribution in [0.4, 0.5) is 4.39 Å². The Kier molecular flexibility index (Phi) is 6.25. The van der Waals surface area contributed by atoms with Crippen molar-refractivity contribution in [2.75, 3.05) is 20.2 Å². The van der Waals surface area contributed by atoms with E-state index < -0.39 is 6.10 Å². The molecule has 1 aromatic carbocycles. The van der Waals surface area contributed by atoms with E-state index in [4.69, 9.17) is 4.74 Å². The summed E-state index contributed by atoms with van der Waals surface area (Å²) in [6.45, 7) is 1.52. The van der Waals surface area contributed by atoms with Crippen molar-refractivity contribution >= 4 is 11.3 Å². The second-order valence-corrected chi connectivity index (χ2v) is 5.86. The molecule has 1 aromatic heterocycles. The van der Waals surface area contributed by atoms with Gasteiger partial charge in [0.2, 0.25) is 0 Å². The summed E-state index contributed by atoms with van der Waals surface area (Å²) in [5.74, 6) is -0.284. The smallest absolute Gasteiger partial charge is 0.128 e. The lowest BCUT2D eigenvalue weighted by Crippen LogP contribution is -2.31. The molecule has 0 aliphatic heterocycles. The maximum atomic E-state index is 13.4. The molecular weight excluding hydrogens is 291 g/mol. The number of aliphatic hydroxyl groups is 1. The Labute approximate surface area is 127 Å². The number of nitrogens with zero attached hydrogens (tertiary/aromatic N) is 2. The van der Waals surface area contributed by atoms with Crippen molar-refractivity contribution in [3.05, 3.63) is 52.2 Å². The molecule has 0 spiro atoms. The van der Waals surface area contributed by atoms with Crippen molar-refractivity contribution in [1.82, 2.24) is 9.88 Å². The van der Waals surface area contributed by atoms with E-state index in [-0.39, 0.29) is 19.0 Å². The first-order valence-corrected chi connectivity index (χ1v) is 7.59. The molecule has 0 aliphatic rings. The summed E-state index contributed by atoms with van der Waals surface area (Å²) in [5.41, 5.74) is 0.501. The number of rotatable bonds is 8. The number of ether oxygens (including phenoxy) is 1. The van der Waals surface area contributed by atoms with Gasteiger partial charge in [0.05, 0.1) is 25.9 Å². The molecular formula is C15H19FN2O2S. The lowest BCUT2D eigenvalue weighted by atomic mass is 10.2. The van der Waals surface area contributed by atoms with Gasteiger partial charge in [-0.3, -0.25) is 4.90 Å². The van der Waals surface area contributed by atoms with Crippen molar-refractivity contribution in [3.8, 4) is 0 Å². The highest BCUT2D eigenvalue weighted by Gasteiger charge is 2.10.